The highest BCUT2D eigenvalue weighted by molar-refractivity contribution is 6.32. The van der Waals surface area contributed by atoms with E-state index >= 15 is 0 Å². The summed E-state index contributed by atoms with van der Waals surface area (Å²) in [6, 6.07) is 1.97. The van der Waals surface area contributed by atoms with Gasteiger partial charge in [0.15, 0.2) is 0 Å². The van der Waals surface area contributed by atoms with Crippen LogP contribution < -0.4 is 4.90 Å². The molecule has 5 heteroatoms. The number of morpholine rings is 1. The van der Waals surface area contributed by atoms with Crippen molar-refractivity contribution in [3.63, 3.8) is 0 Å². The van der Waals surface area contributed by atoms with Gasteiger partial charge in [-0.1, -0.05) is 11.6 Å². The van der Waals surface area contributed by atoms with Crippen LogP contribution in [-0.2, 0) is 10.6 Å². The molecule has 1 aromatic rings. The lowest BCUT2D eigenvalue weighted by atomic mass is 9.99. The summed E-state index contributed by atoms with van der Waals surface area (Å²) in [5, 5.41) is 0.616. The Morgan fingerprint density at radius 3 is 2.37 bits per heavy atom. The van der Waals surface area contributed by atoms with Gasteiger partial charge in [0, 0.05) is 25.2 Å². The fourth-order valence-electron chi connectivity index (χ4n) is 2.69. The molecule has 0 amide bonds. The van der Waals surface area contributed by atoms with Gasteiger partial charge in [-0.05, 0) is 39.3 Å². The molecule has 1 fully saturated rings. The van der Waals surface area contributed by atoms with Crippen LogP contribution in [0.15, 0.2) is 12.3 Å². The molecule has 0 unspecified atom stereocenters. The molecule has 1 aliphatic rings. The summed E-state index contributed by atoms with van der Waals surface area (Å²) in [6.07, 6.45) is 1.67. The van der Waals surface area contributed by atoms with Gasteiger partial charge >= 0.3 is 0 Å². The zero-order valence-electron chi connectivity index (χ0n) is 11.8. The topological polar surface area (TPSA) is 25.4 Å². The van der Waals surface area contributed by atoms with Crippen molar-refractivity contribution in [3.05, 3.63) is 22.8 Å². The largest absolute Gasteiger partial charge is 0.366 e. The Balaban J connectivity index is 2.30. The third-order valence-corrected chi connectivity index (χ3v) is 3.71. The Bertz CT molecular complexity index is 459. The Labute approximate surface area is 124 Å². The number of nitrogens with zero attached hydrogens (tertiary/aromatic N) is 2. The maximum absolute atomic E-state index is 6.07. The van der Waals surface area contributed by atoms with E-state index in [0.717, 1.165) is 24.5 Å². The van der Waals surface area contributed by atoms with E-state index in [1.54, 1.807) is 6.20 Å². The van der Waals surface area contributed by atoms with E-state index in [-0.39, 0.29) is 11.2 Å². The molecule has 0 spiro atoms. The van der Waals surface area contributed by atoms with E-state index in [1.807, 2.05) is 6.07 Å². The van der Waals surface area contributed by atoms with Crippen LogP contribution in [0.4, 0.5) is 5.82 Å². The highest BCUT2D eigenvalue weighted by Crippen LogP contribution is 2.31. The summed E-state index contributed by atoms with van der Waals surface area (Å²) in [4.78, 5) is 6.65. The fraction of sp³-hybridized carbons (Fsp3) is 0.643. The lowest BCUT2D eigenvalue weighted by Gasteiger charge is -2.47. The van der Waals surface area contributed by atoms with E-state index in [9.17, 15) is 0 Å². The summed E-state index contributed by atoms with van der Waals surface area (Å²) in [6.45, 7) is 9.98. The summed E-state index contributed by atoms with van der Waals surface area (Å²) in [5.41, 5.74) is 0.504. The highest BCUT2D eigenvalue weighted by atomic mass is 35.5. The van der Waals surface area contributed by atoms with Crippen LogP contribution in [0.2, 0.25) is 5.02 Å². The molecular weight excluding hydrogens is 283 g/mol. The molecular formula is C14H20Cl2N2O. The second kappa shape index (κ2) is 5.12. The molecule has 2 heterocycles. The van der Waals surface area contributed by atoms with Crippen molar-refractivity contribution in [2.75, 3.05) is 18.0 Å². The third kappa shape index (κ3) is 3.53. The van der Waals surface area contributed by atoms with Crippen molar-refractivity contribution in [2.24, 2.45) is 0 Å². The van der Waals surface area contributed by atoms with Crippen LogP contribution in [0.3, 0.4) is 0 Å². The van der Waals surface area contributed by atoms with Crippen LogP contribution in [0.25, 0.3) is 0 Å². The second-order valence-corrected chi connectivity index (χ2v) is 6.92. The minimum atomic E-state index is -0.204. The van der Waals surface area contributed by atoms with Gasteiger partial charge in [0.05, 0.1) is 16.2 Å². The quantitative estimate of drug-likeness (QED) is 0.776. The number of alkyl halides is 1. The molecule has 1 aliphatic heterocycles. The molecule has 0 aliphatic carbocycles. The first-order valence-electron chi connectivity index (χ1n) is 6.38. The maximum atomic E-state index is 6.07. The summed E-state index contributed by atoms with van der Waals surface area (Å²) < 4.78 is 6.07. The lowest BCUT2D eigenvalue weighted by Crippen LogP contribution is -2.57. The minimum Gasteiger partial charge on any atom is -0.366 e. The zero-order chi connectivity index (χ0) is 14.3. The van der Waals surface area contributed by atoms with E-state index in [1.165, 1.54) is 0 Å². The van der Waals surface area contributed by atoms with Crippen molar-refractivity contribution >= 4 is 29.0 Å². The standard InChI is InChI=1S/C14H20Cl2N2O/c1-13(2)8-18(9-14(3,4)19-13)12-5-10(6-15)11(16)7-17-12/h5,7H,6,8-9H2,1-4H3. The first-order valence-corrected chi connectivity index (χ1v) is 7.29. The van der Waals surface area contributed by atoms with Crippen molar-refractivity contribution in [2.45, 2.75) is 44.8 Å². The van der Waals surface area contributed by atoms with Gasteiger partial charge in [0.25, 0.3) is 0 Å². The van der Waals surface area contributed by atoms with Gasteiger partial charge < -0.3 is 9.64 Å². The number of halogens is 2. The van der Waals surface area contributed by atoms with Crippen molar-refractivity contribution in [3.8, 4) is 0 Å². The highest BCUT2D eigenvalue weighted by Gasteiger charge is 2.38. The molecule has 1 saturated heterocycles. The van der Waals surface area contributed by atoms with Gasteiger partial charge in [-0.25, -0.2) is 4.98 Å². The minimum absolute atomic E-state index is 0.204. The third-order valence-electron chi connectivity index (χ3n) is 3.08. The van der Waals surface area contributed by atoms with Crippen LogP contribution in [-0.4, -0.2) is 29.3 Å². The van der Waals surface area contributed by atoms with Crippen molar-refractivity contribution in [1.82, 2.24) is 4.98 Å². The average molecular weight is 303 g/mol. The normalized spacial score (nSPS) is 21.5. The maximum Gasteiger partial charge on any atom is 0.129 e. The number of hydrogen-bond acceptors (Lipinski definition) is 3. The smallest absolute Gasteiger partial charge is 0.129 e. The van der Waals surface area contributed by atoms with Gasteiger partial charge in [-0.2, -0.15) is 0 Å². The number of rotatable bonds is 2. The molecule has 1 aromatic heterocycles. The number of hydrogen-bond donors (Lipinski definition) is 0. The van der Waals surface area contributed by atoms with E-state index in [2.05, 4.69) is 37.6 Å². The van der Waals surface area contributed by atoms with Gasteiger partial charge in [0.2, 0.25) is 0 Å². The zero-order valence-corrected chi connectivity index (χ0v) is 13.3. The van der Waals surface area contributed by atoms with Gasteiger partial charge in [-0.15, -0.1) is 11.6 Å². The van der Waals surface area contributed by atoms with Gasteiger partial charge in [0.1, 0.15) is 5.82 Å². The monoisotopic (exact) mass is 302 g/mol. The number of pyridine rings is 1. The fourth-order valence-corrected chi connectivity index (χ4v) is 3.15. The van der Waals surface area contributed by atoms with Crippen molar-refractivity contribution < 1.29 is 4.74 Å². The van der Waals surface area contributed by atoms with Crippen LogP contribution in [0, 0.1) is 0 Å². The van der Waals surface area contributed by atoms with Crippen LogP contribution in [0.5, 0.6) is 0 Å². The molecule has 19 heavy (non-hydrogen) atoms. The molecule has 0 aromatic carbocycles. The molecule has 0 radical (unpaired) electrons. The van der Waals surface area contributed by atoms with Crippen molar-refractivity contribution in [1.29, 1.82) is 0 Å². The van der Waals surface area contributed by atoms with Crippen LogP contribution >= 0.6 is 23.2 Å². The number of anilines is 1. The van der Waals surface area contributed by atoms with E-state index in [0.29, 0.717) is 10.9 Å². The van der Waals surface area contributed by atoms with Gasteiger partial charge in [-0.3, -0.25) is 0 Å². The number of aromatic nitrogens is 1. The first kappa shape index (κ1) is 14.9. The summed E-state index contributed by atoms with van der Waals surface area (Å²) in [7, 11) is 0. The first-order chi connectivity index (χ1) is 8.72. The molecule has 0 bridgehead atoms. The van der Waals surface area contributed by atoms with Crippen LogP contribution in [0.1, 0.15) is 33.3 Å². The molecule has 0 atom stereocenters. The van der Waals surface area contributed by atoms with E-state index in [4.69, 9.17) is 27.9 Å². The number of ether oxygens (including phenoxy) is 1. The Morgan fingerprint density at radius 1 is 1.26 bits per heavy atom. The predicted molar refractivity (Wildman–Crippen MR) is 80.3 cm³/mol. The molecule has 106 valence electrons. The second-order valence-electron chi connectivity index (χ2n) is 6.25. The Kier molecular flexibility index (Phi) is 4.01. The summed E-state index contributed by atoms with van der Waals surface area (Å²) >= 11 is 12.0. The molecule has 0 N–H and O–H groups in total. The molecule has 3 nitrogen and oxygen atoms in total. The lowest BCUT2D eigenvalue weighted by molar-refractivity contribution is -0.133. The Morgan fingerprint density at radius 2 is 1.84 bits per heavy atom. The van der Waals surface area contributed by atoms with E-state index < -0.39 is 0 Å². The SMILES string of the molecule is CC1(C)CN(c2cc(CCl)c(Cl)cn2)CC(C)(C)O1. The summed E-state index contributed by atoms with van der Waals surface area (Å²) in [5.74, 6) is 1.30. The average Bonchev–Trinajstić information content (AvgIpc) is 2.25. The molecule has 0 saturated carbocycles. The Hall–Kier alpha value is -0.510. The molecule has 2 rings (SSSR count). The predicted octanol–water partition coefficient (Wildman–Crippen LogP) is 3.87.